The summed E-state index contributed by atoms with van der Waals surface area (Å²) in [5.74, 6) is -0.00950. The molecule has 0 amide bonds. The van der Waals surface area contributed by atoms with Crippen LogP contribution in [-0.2, 0) is 17.6 Å². The maximum absolute atomic E-state index is 12.7. The first-order valence-electron chi connectivity index (χ1n) is 9.99. The summed E-state index contributed by atoms with van der Waals surface area (Å²) in [4.78, 5) is 1.21. The SMILES string of the molecule is CN(CF)CC[C@H](COc1ccccc1CCc1cccc(OC(F)(F)F)c1)OC(F)(F)F. The smallest absolute Gasteiger partial charge is 0.491 e. The van der Waals surface area contributed by atoms with Crippen LogP contribution in [0, 0.1) is 0 Å². The lowest BCUT2D eigenvalue weighted by molar-refractivity contribution is -0.345. The Morgan fingerprint density at radius 2 is 1.64 bits per heavy atom. The number of nitrogens with zero attached hydrogens (tertiary/aromatic N) is 1. The molecule has 0 aliphatic heterocycles. The molecular formula is C22H24F7NO3. The molecule has 0 aromatic heterocycles. The maximum Gasteiger partial charge on any atom is 0.573 e. The molecule has 0 spiro atoms. The van der Waals surface area contributed by atoms with Gasteiger partial charge in [-0.05, 0) is 55.6 Å². The molecule has 0 heterocycles. The van der Waals surface area contributed by atoms with E-state index in [0.29, 0.717) is 29.7 Å². The molecule has 2 aromatic rings. The second-order valence-electron chi connectivity index (χ2n) is 7.29. The van der Waals surface area contributed by atoms with Crippen molar-refractivity contribution in [2.75, 3.05) is 27.0 Å². The van der Waals surface area contributed by atoms with Crippen molar-refractivity contribution in [2.24, 2.45) is 0 Å². The van der Waals surface area contributed by atoms with Gasteiger partial charge >= 0.3 is 12.7 Å². The number of halogens is 7. The minimum atomic E-state index is -4.87. The molecule has 2 aromatic carbocycles. The van der Waals surface area contributed by atoms with Gasteiger partial charge in [0.2, 0.25) is 0 Å². The van der Waals surface area contributed by atoms with Crippen molar-refractivity contribution in [1.29, 1.82) is 0 Å². The van der Waals surface area contributed by atoms with Crippen molar-refractivity contribution in [3.63, 3.8) is 0 Å². The number of para-hydroxylation sites is 1. The summed E-state index contributed by atoms with van der Waals surface area (Å²) in [6.07, 6.45) is -10.4. The Morgan fingerprint density at radius 1 is 0.909 bits per heavy atom. The molecule has 0 radical (unpaired) electrons. The van der Waals surface area contributed by atoms with Gasteiger partial charge in [0.25, 0.3) is 0 Å². The summed E-state index contributed by atoms with van der Waals surface area (Å²) in [5.41, 5.74) is 1.24. The number of rotatable bonds is 12. The highest BCUT2D eigenvalue weighted by atomic mass is 19.4. The van der Waals surface area contributed by atoms with Crippen molar-refractivity contribution in [3.8, 4) is 11.5 Å². The zero-order chi connectivity index (χ0) is 24.5. The average Bonchev–Trinajstić information content (AvgIpc) is 2.72. The van der Waals surface area contributed by atoms with Crippen LogP contribution in [0.1, 0.15) is 17.5 Å². The Labute approximate surface area is 186 Å². The lowest BCUT2D eigenvalue weighted by Crippen LogP contribution is -2.33. The lowest BCUT2D eigenvalue weighted by atomic mass is 10.0. The molecule has 1 atom stereocenters. The predicted molar refractivity (Wildman–Crippen MR) is 107 cm³/mol. The number of hydrogen-bond donors (Lipinski definition) is 0. The Balaban J connectivity index is 2.01. The van der Waals surface area contributed by atoms with Crippen LogP contribution in [0.3, 0.4) is 0 Å². The molecule has 0 fully saturated rings. The summed E-state index contributed by atoms with van der Waals surface area (Å²) >= 11 is 0. The van der Waals surface area contributed by atoms with E-state index in [-0.39, 0.29) is 18.7 Å². The third-order valence-electron chi connectivity index (χ3n) is 4.55. The van der Waals surface area contributed by atoms with Gasteiger partial charge in [0.1, 0.15) is 31.0 Å². The van der Waals surface area contributed by atoms with Crippen LogP contribution in [-0.4, -0.2) is 50.7 Å². The fraction of sp³-hybridized carbons (Fsp3) is 0.455. The molecule has 0 aliphatic carbocycles. The van der Waals surface area contributed by atoms with E-state index in [4.69, 9.17) is 4.74 Å². The molecular weight excluding hydrogens is 459 g/mol. The Kier molecular flexibility index (Phi) is 9.78. The number of hydrogen-bond acceptors (Lipinski definition) is 4. The van der Waals surface area contributed by atoms with Crippen LogP contribution in [0.4, 0.5) is 30.7 Å². The first-order chi connectivity index (χ1) is 15.4. The van der Waals surface area contributed by atoms with E-state index in [1.54, 1.807) is 30.3 Å². The zero-order valence-corrected chi connectivity index (χ0v) is 17.8. The van der Waals surface area contributed by atoms with Gasteiger partial charge in [0.05, 0.1) is 0 Å². The largest absolute Gasteiger partial charge is 0.573 e. The standard InChI is InChI=1S/C22H24F7NO3/c1-30(15-23)12-11-19(33-22(27,28)29)14-31-20-8-3-2-6-17(20)10-9-16-5-4-7-18(13-16)32-21(24,25)26/h2-8,13,19H,9-12,14-15H2,1H3/t19-/m1/s1. The molecule has 0 bridgehead atoms. The third-order valence-corrected chi connectivity index (χ3v) is 4.55. The fourth-order valence-corrected chi connectivity index (χ4v) is 3.00. The molecule has 0 unspecified atom stereocenters. The van der Waals surface area contributed by atoms with Crippen LogP contribution in [0.15, 0.2) is 48.5 Å². The molecule has 11 heteroatoms. The van der Waals surface area contributed by atoms with Gasteiger partial charge < -0.3 is 9.47 Å². The van der Waals surface area contributed by atoms with Gasteiger partial charge in [-0.15, -0.1) is 26.3 Å². The summed E-state index contributed by atoms with van der Waals surface area (Å²) in [7, 11) is 1.43. The Morgan fingerprint density at radius 3 is 2.30 bits per heavy atom. The Hall–Kier alpha value is -2.53. The summed E-state index contributed by atoms with van der Waals surface area (Å²) in [5, 5.41) is 0. The molecule has 0 aliphatic rings. The van der Waals surface area contributed by atoms with Crippen molar-refractivity contribution in [2.45, 2.75) is 38.1 Å². The fourth-order valence-electron chi connectivity index (χ4n) is 3.00. The van der Waals surface area contributed by atoms with E-state index in [0.717, 1.165) is 0 Å². The minimum Gasteiger partial charge on any atom is -0.491 e. The van der Waals surface area contributed by atoms with Gasteiger partial charge in [0.15, 0.2) is 0 Å². The maximum atomic E-state index is 12.7. The van der Waals surface area contributed by atoms with Gasteiger partial charge in [-0.1, -0.05) is 30.3 Å². The third kappa shape index (κ3) is 10.8. The van der Waals surface area contributed by atoms with E-state index in [9.17, 15) is 30.7 Å². The zero-order valence-electron chi connectivity index (χ0n) is 17.8. The molecule has 4 nitrogen and oxygen atoms in total. The number of aryl methyl sites for hydroxylation is 2. The van der Waals surface area contributed by atoms with E-state index in [2.05, 4.69) is 9.47 Å². The Bertz CT molecular complexity index is 858. The monoisotopic (exact) mass is 483 g/mol. The molecule has 0 saturated carbocycles. The molecule has 33 heavy (non-hydrogen) atoms. The van der Waals surface area contributed by atoms with Crippen molar-refractivity contribution in [3.05, 3.63) is 59.7 Å². The number of ether oxygens (including phenoxy) is 3. The number of alkyl halides is 7. The van der Waals surface area contributed by atoms with Crippen LogP contribution >= 0.6 is 0 Å². The van der Waals surface area contributed by atoms with Crippen LogP contribution in [0.25, 0.3) is 0 Å². The van der Waals surface area contributed by atoms with Crippen LogP contribution in [0.5, 0.6) is 11.5 Å². The molecule has 0 saturated heterocycles. The normalized spacial score (nSPS) is 13.2. The second kappa shape index (κ2) is 12.1. The van der Waals surface area contributed by atoms with Gasteiger partial charge in [0, 0.05) is 6.54 Å². The average molecular weight is 483 g/mol. The van der Waals surface area contributed by atoms with Gasteiger partial charge in [-0.25, -0.2) is 4.39 Å². The van der Waals surface area contributed by atoms with E-state index >= 15 is 0 Å². The van der Waals surface area contributed by atoms with Crippen molar-refractivity contribution >= 4 is 0 Å². The lowest BCUT2D eigenvalue weighted by Gasteiger charge is -2.22. The summed E-state index contributed by atoms with van der Waals surface area (Å²) in [6.45, 7) is -1.18. The van der Waals surface area contributed by atoms with E-state index < -0.39 is 32.2 Å². The topological polar surface area (TPSA) is 30.9 Å². The van der Waals surface area contributed by atoms with E-state index in [1.807, 2.05) is 0 Å². The van der Waals surface area contributed by atoms with Gasteiger partial charge in [-0.3, -0.25) is 9.64 Å². The van der Waals surface area contributed by atoms with Gasteiger partial charge in [-0.2, -0.15) is 0 Å². The first kappa shape index (κ1) is 26.7. The second-order valence-corrected chi connectivity index (χ2v) is 7.29. The first-order valence-corrected chi connectivity index (χ1v) is 9.99. The highest BCUT2D eigenvalue weighted by Gasteiger charge is 2.34. The predicted octanol–water partition coefficient (Wildman–Crippen LogP) is 5.90. The molecule has 0 N–H and O–H groups in total. The summed E-state index contributed by atoms with van der Waals surface area (Å²) < 4.78 is 102. The highest BCUT2D eigenvalue weighted by molar-refractivity contribution is 5.35. The minimum absolute atomic E-state index is 0.0403. The van der Waals surface area contributed by atoms with Crippen LogP contribution in [0.2, 0.25) is 0 Å². The van der Waals surface area contributed by atoms with Crippen molar-refractivity contribution in [1.82, 2.24) is 4.90 Å². The molecule has 184 valence electrons. The summed E-state index contributed by atoms with van der Waals surface area (Å²) in [6, 6.07) is 12.2. The number of benzene rings is 2. The van der Waals surface area contributed by atoms with E-state index in [1.165, 1.54) is 30.1 Å². The van der Waals surface area contributed by atoms with Crippen molar-refractivity contribution < 1.29 is 44.9 Å². The van der Waals surface area contributed by atoms with Crippen LogP contribution < -0.4 is 9.47 Å². The quantitative estimate of drug-likeness (QED) is 0.278. The highest BCUT2D eigenvalue weighted by Crippen LogP contribution is 2.26. The molecule has 2 rings (SSSR count).